The first kappa shape index (κ1) is 18.1. The quantitative estimate of drug-likeness (QED) is 0.603. The molecule has 0 aliphatic carbocycles. The number of hydrogen-bond acceptors (Lipinski definition) is 5. The van der Waals surface area contributed by atoms with E-state index in [0.717, 1.165) is 11.1 Å². The zero-order valence-corrected chi connectivity index (χ0v) is 15.9. The molecule has 3 rings (SSSR count). The maximum Gasteiger partial charge on any atom is 0.314 e. The van der Waals surface area contributed by atoms with E-state index in [1.54, 1.807) is 17.5 Å². The lowest BCUT2D eigenvalue weighted by Crippen LogP contribution is -2.40. The normalized spacial score (nSPS) is 16.7. The first-order valence-corrected chi connectivity index (χ1v) is 10.5. The van der Waals surface area contributed by atoms with Crippen LogP contribution in [0.5, 0.6) is 5.75 Å². The van der Waals surface area contributed by atoms with Crippen molar-refractivity contribution in [3.8, 4) is 5.75 Å². The van der Waals surface area contributed by atoms with Crippen molar-refractivity contribution >= 4 is 27.3 Å². The van der Waals surface area contributed by atoms with Crippen molar-refractivity contribution in [3.63, 3.8) is 0 Å². The van der Waals surface area contributed by atoms with E-state index in [9.17, 15) is 13.2 Å². The van der Waals surface area contributed by atoms with E-state index in [0.29, 0.717) is 35.9 Å². The maximum absolute atomic E-state index is 12.5. The summed E-state index contributed by atoms with van der Waals surface area (Å²) in [6.45, 7) is 4.50. The van der Waals surface area contributed by atoms with Gasteiger partial charge in [0.05, 0.1) is 5.92 Å². The van der Waals surface area contributed by atoms with Gasteiger partial charge in [-0.15, -0.1) is 11.3 Å². The number of piperidine rings is 1. The summed E-state index contributed by atoms with van der Waals surface area (Å²) >= 11 is 1.21. The molecule has 1 aromatic carbocycles. The third-order valence-corrected chi connectivity index (χ3v) is 7.76. The molecule has 0 saturated carbocycles. The molecule has 1 aromatic heterocycles. The fourth-order valence-corrected chi connectivity index (χ4v) is 5.63. The van der Waals surface area contributed by atoms with Crippen LogP contribution in [0.15, 0.2) is 39.9 Å². The minimum atomic E-state index is -3.44. The van der Waals surface area contributed by atoms with Gasteiger partial charge in [-0.25, -0.2) is 8.42 Å². The molecular formula is C18H21NO4S2. The molecule has 134 valence electrons. The molecule has 2 aromatic rings. The van der Waals surface area contributed by atoms with Crippen molar-refractivity contribution in [1.82, 2.24) is 4.31 Å². The minimum Gasteiger partial charge on any atom is -0.426 e. The Bertz CT molecular complexity index is 831. The fraction of sp³-hybridized carbons (Fsp3) is 0.389. The van der Waals surface area contributed by atoms with Gasteiger partial charge in [0, 0.05) is 13.1 Å². The molecule has 0 spiro atoms. The molecule has 1 aliphatic rings. The van der Waals surface area contributed by atoms with Crippen LogP contribution in [0.25, 0.3) is 0 Å². The molecule has 0 bridgehead atoms. The molecule has 0 atom stereocenters. The van der Waals surface area contributed by atoms with Crippen molar-refractivity contribution < 1.29 is 17.9 Å². The van der Waals surface area contributed by atoms with Crippen LogP contribution in [-0.4, -0.2) is 31.8 Å². The second kappa shape index (κ2) is 7.27. The van der Waals surface area contributed by atoms with Crippen LogP contribution in [0.4, 0.5) is 0 Å². The van der Waals surface area contributed by atoms with E-state index in [2.05, 4.69) is 0 Å². The number of ether oxygens (including phenoxy) is 1. The van der Waals surface area contributed by atoms with Gasteiger partial charge in [-0.1, -0.05) is 24.3 Å². The van der Waals surface area contributed by atoms with Crippen LogP contribution in [0.1, 0.15) is 24.0 Å². The number of rotatable bonds is 4. The van der Waals surface area contributed by atoms with Crippen LogP contribution in [0.3, 0.4) is 0 Å². The number of aryl methyl sites for hydroxylation is 2. The average Bonchev–Trinajstić information content (AvgIpc) is 3.14. The number of nitrogens with zero attached hydrogens (tertiary/aromatic N) is 1. The number of carbonyl (C=O) groups is 1. The highest BCUT2D eigenvalue weighted by Gasteiger charge is 2.33. The average molecular weight is 380 g/mol. The summed E-state index contributed by atoms with van der Waals surface area (Å²) in [6.07, 6.45) is 0.961. The highest BCUT2D eigenvalue weighted by molar-refractivity contribution is 7.91. The number of benzene rings is 1. The molecule has 5 nitrogen and oxygen atoms in total. The summed E-state index contributed by atoms with van der Waals surface area (Å²) in [4.78, 5) is 12.5. The Morgan fingerprint density at radius 3 is 2.32 bits per heavy atom. The fourth-order valence-electron chi connectivity index (χ4n) is 3.01. The van der Waals surface area contributed by atoms with E-state index in [-0.39, 0.29) is 11.9 Å². The molecule has 0 N–H and O–H groups in total. The Morgan fingerprint density at radius 2 is 1.76 bits per heavy atom. The Labute approximate surface area is 152 Å². The van der Waals surface area contributed by atoms with E-state index < -0.39 is 10.0 Å². The smallest absolute Gasteiger partial charge is 0.314 e. The largest absolute Gasteiger partial charge is 0.426 e. The zero-order valence-electron chi connectivity index (χ0n) is 14.3. The van der Waals surface area contributed by atoms with Crippen LogP contribution < -0.4 is 4.74 Å². The number of para-hydroxylation sites is 1. The number of esters is 1. The Balaban J connectivity index is 1.63. The van der Waals surface area contributed by atoms with Crippen LogP contribution in [0.2, 0.25) is 0 Å². The van der Waals surface area contributed by atoms with Crippen LogP contribution in [0, 0.1) is 19.8 Å². The summed E-state index contributed by atoms with van der Waals surface area (Å²) in [5.74, 6) is 0.0699. The second-order valence-corrected chi connectivity index (χ2v) is 9.36. The van der Waals surface area contributed by atoms with Crippen molar-refractivity contribution in [2.45, 2.75) is 30.9 Å². The Hall–Kier alpha value is -1.70. The summed E-state index contributed by atoms with van der Waals surface area (Å²) in [6, 6.07) is 9.08. The zero-order chi connectivity index (χ0) is 18.0. The Kier molecular flexibility index (Phi) is 5.27. The number of sulfonamides is 1. The maximum atomic E-state index is 12.5. The summed E-state index contributed by atoms with van der Waals surface area (Å²) in [5.41, 5.74) is 1.84. The lowest BCUT2D eigenvalue weighted by molar-refractivity contribution is -0.140. The van der Waals surface area contributed by atoms with Crippen molar-refractivity contribution in [2.24, 2.45) is 5.92 Å². The van der Waals surface area contributed by atoms with Crippen LogP contribution >= 0.6 is 11.3 Å². The van der Waals surface area contributed by atoms with E-state index in [1.807, 2.05) is 32.0 Å². The van der Waals surface area contributed by atoms with E-state index in [4.69, 9.17) is 4.74 Å². The number of hydrogen-bond donors (Lipinski definition) is 0. The summed E-state index contributed by atoms with van der Waals surface area (Å²) < 4.78 is 32.5. The molecule has 1 saturated heterocycles. The highest BCUT2D eigenvalue weighted by Crippen LogP contribution is 2.29. The molecule has 1 aliphatic heterocycles. The van der Waals surface area contributed by atoms with Crippen molar-refractivity contribution in [3.05, 3.63) is 46.8 Å². The lowest BCUT2D eigenvalue weighted by atomic mass is 9.98. The van der Waals surface area contributed by atoms with Gasteiger partial charge in [-0.05, 0) is 49.3 Å². The lowest BCUT2D eigenvalue weighted by Gasteiger charge is -2.29. The predicted molar refractivity (Wildman–Crippen MR) is 97.4 cm³/mol. The third-order valence-electron chi connectivity index (χ3n) is 4.49. The van der Waals surface area contributed by atoms with E-state index in [1.165, 1.54) is 15.6 Å². The molecule has 7 heteroatoms. The van der Waals surface area contributed by atoms with Gasteiger partial charge in [0.25, 0.3) is 10.0 Å². The molecule has 2 heterocycles. The van der Waals surface area contributed by atoms with Crippen molar-refractivity contribution in [1.29, 1.82) is 0 Å². The third kappa shape index (κ3) is 3.78. The van der Waals surface area contributed by atoms with Gasteiger partial charge in [0.2, 0.25) is 0 Å². The molecule has 25 heavy (non-hydrogen) atoms. The number of thiophene rings is 1. The standard InChI is InChI=1S/C18H21NO4S2/c1-13-5-3-6-14(2)17(13)23-18(20)15-8-10-19(11-9-15)25(21,22)16-7-4-12-24-16/h3-7,12,15H,8-11H2,1-2H3. The summed E-state index contributed by atoms with van der Waals surface area (Å²) in [5, 5.41) is 1.75. The second-order valence-electron chi connectivity index (χ2n) is 6.25. The SMILES string of the molecule is Cc1cccc(C)c1OC(=O)C1CCN(S(=O)(=O)c2cccs2)CC1. The molecule has 0 unspecified atom stereocenters. The van der Waals surface area contributed by atoms with Gasteiger partial charge in [-0.2, -0.15) is 4.31 Å². The number of carbonyl (C=O) groups excluding carboxylic acids is 1. The highest BCUT2D eigenvalue weighted by atomic mass is 32.2. The van der Waals surface area contributed by atoms with Gasteiger partial charge in [0.1, 0.15) is 9.96 Å². The first-order chi connectivity index (χ1) is 11.9. The van der Waals surface area contributed by atoms with Crippen molar-refractivity contribution in [2.75, 3.05) is 13.1 Å². The van der Waals surface area contributed by atoms with Gasteiger partial charge >= 0.3 is 5.97 Å². The first-order valence-electron chi connectivity index (χ1n) is 8.21. The predicted octanol–water partition coefficient (Wildman–Crippen LogP) is 3.37. The molecule has 1 fully saturated rings. The van der Waals surface area contributed by atoms with E-state index >= 15 is 0 Å². The topological polar surface area (TPSA) is 63.7 Å². The monoisotopic (exact) mass is 379 g/mol. The van der Waals surface area contributed by atoms with Gasteiger partial charge in [-0.3, -0.25) is 4.79 Å². The van der Waals surface area contributed by atoms with Gasteiger partial charge < -0.3 is 4.74 Å². The molecular weight excluding hydrogens is 358 g/mol. The molecule has 0 radical (unpaired) electrons. The van der Waals surface area contributed by atoms with Gasteiger partial charge in [0.15, 0.2) is 0 Å². The minimum absolute atomic E-state index is 0.270. The molecule has 0 amide bonds. The Morgan fingerprint density at radius 1 is 1.12 bits per heavy atom. The van der Waals surface area contributed by atoms with Crippen LogP contribution in [-0.2, 0) is 14.8 Å². The summed E-state index contributed by atoms with van der Waals surface area (Å²) in [7, 11) is -3.44.